The molecule has 0 spiro atoms. The Kier molecular flexibility index (Phi) is 3.23. The maximum Gasteiger partial charge on any atom is 0.281 e. The second-order valence-corrected chi connectivity index (χ2v) is 2.78. The summed E-state index contributed by atoms with van der Waals surface area (Å²) in [5, 5.41) is -0.0288. The van der Waals surface area contributed by atoms with Crippen molar-refractivity contribution in [1.82, 2.24) is 4.98 Å². The van der Waals surface area contributed by atoms with Crippen LogP contribution in [0.1, 0.15) is 17.8 Å². The first-order valence-electron chi connectivity index (χ1n) is 3.14. The highest BCUT2D eigenvalue weighted by atomic mass is 35.5. The van der Waals surface area contributed by atoms with Crippen molar-refractivity contribution >= 4 is 23.2 Å². The molecule has 1 rings (SSSR count). The maximum atomic E-state index is 12.2. The fourth-order valence-electron chi connectivity index (χ4n) is 0.728. The highest BCUT2D eigenvalue weighted by Crippen LogP contribution is 2.25. The summed E-state index contributed by atoms with van der Waals surface area (Å²) in [6, 6.07) is 2.88. The predicted molar refractivity (Wildman–Crippen MR) is 43.8 cm³/mol. The van der Waals surface area contributed by atoms with E-state index in [1.165, 1.54) is 12.1 Å². The Hall–Kier alpha value is -0.410. The molecule has 0 radical (unpaired) electrons. The minimum Gasteiger partial charge on any atom is -0.249 e. The molecule has 5 heteroatoms. The normalized spacial score (nSPS) is 10.8. The average molecular weight is 212 g/mol. The highest BCUT2D eigenvalue weighted by molar-refractivity contribution is 6.31. The molecule has 0 aliphatic carbocycles. The van der Waals surface area contributed by atoms with Gasteiger partial charge in [0, 0.05) is 0 Å². The van der Waals surface area contributed by atoms with E-state index in [-0.39, 0.29) is 10.9 Å². The number of nitrogens with zero attached hydrogens (tertiary/aromatic N) is 1. The van der Waals surface area contributed by atoms with Crippen LogP contribution in [-0.2, 0) is 5.88 Å². The van der Waals surface area contributed by atoms with Gasteiger partial charge in [-0.05, 0) is 12.1 Å². The lowest BCUT2D eigenvalue weighted by molar-refractivity contribution is 0.146. The van der Waals surface area contributed by atoms with Crippen molar-refractivity contribution in [3.05, 3.63) is 28.5 Å². The molecule has 0 aromatic carbocycles. The van der Waals surface area contributed by atoms with E-state index in [2.05, 4.69) is 4.98 Å². The monoisotopic (exact) mass is 211 g/mol. The zero-order valence-corrected chi connectivity index (χ0v) is 7.41. The number of pyridine rings is 1. The summed E-state index contributed by atoms with van der Waals surface area (Å²) in [6.07, 6.45) is -2.65. The van der Waals surface area contributed by atoms with Gasteiger partial charge in [-0.1, -0.05) is 11.6 Å². The third-order valence-electron chi connectivity index (χ3n) is 1.27. The fraction of sp³-hybridized carbons (Fsp3) is 0.286. The van der Waals surface area contributed by atoms with E-state index in [0.717, 1.165) is 0 Å². The smallest absolute Gasteiger partial charge is 0.249 e. The summed E-state index contributed by atoms with van der Waals surface area (Å²) >= 11 is 10.9. The minimum absolute atomic E-state index is 0.0288. The second kappa shape index (κ2) is 4.01. The summed E-state index contributed by atoms with van der Waals surface area (Å²) in [7, 11) is 0. The van der Waals surface area contributed by atoms with E-state index in [0.29, 0.717) is 5.69 Å². The molecule has 0 N–H and O–H groups in total. The summed E-state index contributed by atoms with van der Waals surface area (Å²) in [5.74, 6) is 0.108. The number of hydrogen-bond acceptors (Lipinski definition) is 1. The molecule has 1 aromatic rings. The molecule has 0 saturated heterocycles. The van der Waals surface area contributed by atoms with Crippen LogP contribution in [0.4, 0.5) is 8.78 Å². The molecule has 1 aromatic heterocycles. The van der Waals surface area contributed by atoms with Crippen LogP contribution in [0.15, 0.2) is 12.1 Å². The van der Waals surface area contributed by atoms with E-state index in [4.69, 9.17) is 23.2 Å². The molecule has 1 nitrogen and oxygen atoms in total. The quantitative estimate of drug-likeness (QED) is 0.684. The molecule has 66 valence electrons. The van der Waals surface area contributed by atoms with Crippen LogP contribution in [0.2, 0.25) is 5.02 Å². The highest BCUT2D eigenvalue weighted by Gasteiger charge is 2.13. The SMILES string of the molecule is FC(F)c1nc(CCl)ccc1Cl. The van der Waals surface area contributed by atoms with Gasteiger partial charge in [-0.2, -0.15) is 0 Å². The molecular formula is C7H5Cl2F2N. The summed E-state index contributed by atoms with van der Waals surface area (Å²) in [6.45, 7) is 0. The van der Waals surface area contributed by atoms with Gasteiger partial charge in [-0.25, -0.2) is 13.8 Å². The number of aromatic nitrogens is 1. The standard InChI is InChI=1S/C7H5Cl2F2N/c8-3-4-1-2-5(9)6(12-4)7(10)11/h1-2,7H,3H2. The molecule has 0 atom stereocenters. The second-order valence-electron chi connectivity index (χ2n) is 2.10. The number of rotatable bonds is 2. The van der Waals surface area contributed by atoms with Crippen molar-refractivity contribution in [3.63, 3.8) is 0 Å². The van der Waals surface area contributed by atoms with Gasteiger partial charge in [0.2, 0.25) is 0 Å². The van der Waals surface area contributed by atoms with Crippen molar-refractivity contribution in [2.24, 2.45) is 0 Å². The lowest BCUT2D eigenvalue weighted by atomic mass is 10.3. The Morgan fingerprint density at radius 2 is 2.08 bits per heavy atom. The molecule has 0 fully saturated rings. The minimum atomic E-state index is -2.65. The lowest BCUT2D eigenvalue weighted by Gasteiger charge is -2.02. The summed E-state index contributed by atoms with van der Waals surface area (Å²) in [5.41, 5.74) is -0.00816. The van der Waals surface area contributed by atoms with Gasteiger partial charge in [0.15, 0.2) is 0 Å². The van der Waals surface area contributed by atoms with Crippen molar-refractivity contribution in [3.8, 4) is 0 Å². The maximum absolute atomic E-state index is 12.2. The van der Waals surface area contributed by atoms with Crippen molar-refractivity contribution in [2.45, 2.75) is 12.3 Å². The molecule has 12 heavy (non-hydrogen) atoms. The number of halogens is 4. The Labute approximate surface area is 78.3 Å². The molecule has 0 bridgehead atoms. The first-order valence-corrected chi connectivity index (χ1v) is 4.06. The van der Waals surface area contributed by atoms with Crippen LogP contribution in [-0.4, -0.2) is 4.98 Å². The Morgan fingerprint density at radius 3 is 2.58 bits per heavy atom. The van der Waals surface area contributed by atoms with Gasteiger partial charge in [-0.15, -0.1) is 11.6 Å². The lowest BCUT2D eigenvalue weighted by Crippen LogP contribution is -1.95. The fourth-order valence-corrected chi connectivity index (χ4v) is 1.06. The molecule has 0 aliphatic heterocycles. The van der Waals surface area contributed by atoms with Gasteiger partial charge in [0.1, 0.15) is 5.69 Å². The van der Waals surface area contributed by atoms with Crippen molar-refractivity contribution in [2.75, 3.05) is 0 Å². The predicted octanol–water partition coefficient (Wildman–Crippen LogP) is 3.41. The third kappa shape index (κ3) is 2.05. The zero-order chi connectivity index (χ0) is 9.14. The molecule has 1 heterocycles. The van der Waals surface area contributed by atoms with E-state index in [9.17, 15) is 8.78 Å². The van der Waals surface area contributed by atoms with Gasteiger partial charge >= 0.3 is 0 Å². The van der Waals surface area contributed by atoms with E-state index >= 15 is 0 Å². The molecule has 0 aliphatic rings. The van der Waals surface area contributed by atoms with E-state index in [1.807, 2.05) is 0 Å². The third-order valence-corrected chi connectivity index (χ3v) is 1.87. The number of alkyl halides is 3. The summed E-state index contributed by atoms with van der Waals surface area (Å²) < 4.78 is 24.3. The van der Waals surface area contributed by atoms with Crippen LogP contribution in [0.25, 0.3) is 0 Å². The topological polar surface area (TPSA) is 12.9 Å². The van der Waals surface area contributed by atoms with Crippen LogP contribution < -0.4 is 0 Å². The Bertz CT molecular complexity index is 278. The number of hydrogen-bond donors (Lipinski definition) is 0. The van der Waals surface area contributed by atoms with Gasteiger partial charge in [0.25, 0.3) is 6.43 Å². The molecule has 0 amide bonds. The van der Waals surface area contributed by atoms with Crippen LogP contribution in [0.3, 0.4) is 0 Å². The molecule has 0 saturated carbocycles. The van der Waals surface area contributed by atoms with E-state index in [1.54, 1.807) is 0 Å². The van der Waals surface area contributed by atoms with Gasteiger partial charge < -0.3 is 0 Å². The average Bonchev–Trinajstić information content (AvgIpc) is 2.05. The largest absolute Gasteiger partial charge is 0.281 e. The van der Waals surface area contributed by atoms with Gasteiger partial charge in [0.05, 0.1) is 16.6 Å². The first kappa shape index (κ1) is 9.68. The van der Waals surface area contributed by atoms with Crippen LogP contribution in [0, 0.1) is 0 Å². The summed E-state index contributed by atoms with van der Waals surface area (Å²) in [4.78, 5) is 3.58. The van der Waals surface area contributed by atoms with Crippen molar-refractivity contribution < 1.29 is 8.78 Å². The molecule has 0 unspecified atom stereocenters. The Balaban J connectivity index is 3.08. The van der Waals surface area contributed by atoms with Crippen LogP contribution in [0.5, 0.6) is 0 Å². The zero-order valence-electron chi connectivity index (χ0n) is 5.90. The first-order chi connectivity index (χ1) is 5.65. The van der Waals surface area contributed by atoms with Crippen molar-refractivity contribution in [1.29, 1.82) is 0 Å². The Morgan fingerprint density at radius 1 is 1.42 bits per heavy atom. The van der Waals surface area contributed by atoms with Gasteiger partial charge in [-0.3, -0.25) is 0 Å². The molecular weight excluding hydrogens is 207 g/mol. The van der Waals surface area contributed by atoms with E-state index < -0.39 is 12.1 Å². The van der Waals surface area contributed by atoms with Crippen LogP contribution >= 0.6 is 23.2 Å².